The predicted octanol–water partition coefficient (Wildman–Crippen LogP) is 3.54. The first kappa shape index (κ1) is 21.0. The summed E-state index contributed by atoms with van der Waals surface area (Å²) in [7, 11) is 5.37. The van der Waals surface area contributed by atoms with Gasteiger partial charge in [-0.2, -0.15) is 0 Å². The highest BCUT2D eigenvalue weighted by molar-refractivity contribution is 5.95. The predicted molar refractivity (Wildman–Crippen MR) is 113 cm³/mol. The number of carbonyl (C=O) groups excluding carboxylic acids is 1. The molecule has 0 atom stereocenters. The van der Waals surface area contributed by atoms with E-state index >= 15 is 0 Å². The molecule has 0 unspecified atom stereocenters. The first-order chi connectivity index (χ1) is 14.5. The van der Waals surface area contributed by atoms with Crippen molar-refractivity contribution < 1.29 is 19.5 Å². The molecule has 0 radical (unpaired) electrons. The third-order valence-corrected chi connectivity index (χ3v) is 4.18. The van der Waals surface area contributed by atoms with Crippen molar-refractivity contribution in [1.29, 1.82) is 0 Å². The van der Waals surface area contributed by atoms with Crippen molar-refractivity contribution in [2.75, 3.05) is 27.8 Å². The van der Waals surface area contributed by atoms with E-state index in [1.165, 1.54) is 6.21 Å². The Bertz CT molecular complexity index is 1070. The lowest BCUT2D eigenvalue weighted by Crippen LogP contribution is -2.16. The SMILES string of the molecule is COc1ccc(/C=N\OCC(=O)N=Nc2c(O)n(CN(C)C)c3ccccc23)cc1. The molecule has 9 heteroatoms. The summed E-state index contributed by atoms with van der Waals surface area (Å²) in [5.41, 5.74) is 1.83. The van der Waals surface area contributed by atoms with Crippen molar-refractivity contribution in [2.24, 2.45) is 15.4 Å². The fourth-order valence-electron chi connectivity index (χ4n) is 2.81. The van der Waals surface area contributed by atoms with Crippen LogP contribution in [0.15, 0.2) is 63.9 Å². The second kappa shape index (κ2) is 9.66. The number of aromatic nitrogens is 1. The third kappa shape index (κ3) is 5.00. The Hall–Kier alpha value is -3.72. The number of fused-ring (bicyclic) bond motifs is 1. The fraction of sp³-hybridized carbons (Fsp3) is 0.238. The molecule has 1 heterocycles. The summed E-state index contributed by atoms with van der Waals surface area (Å²) >= 11 is 0. The average molecular weight is 409 g/mol. The molecular formula is C21H23N5O4. The Labute approximate surface area is 173 Å². The monoisotopic (exact) mass is 409 g/mol. The normalized spacial score (nSPS) is 11.7. The van der Waals surface area contributed by atoms with Crippen molar-refractivity contribution >= 4 is 28.7 Å². The number of azo groups is 1. The smallest absolute Gasteiger partial charge is 0.304 e. The molecule has 0 aliphatic heterocycles. The fourth-order valence-corrected chi connectivity index (χ4v) is 2.81. The van der Waals surface area contributed by atoms with Gasteiger partial charge in [0.2, 0.25) is 5.88 Å². The number of methoxy groups -OCH3 is 1. The van der Waals surface area contributed by atoms with Gasteiger partial charge in [-0.05, 0) is 50.0 Å². The van der Waals surface area contributed by atoms with E-state index < -0.39 is 5.91 Å². The van der Waals surface area contributed by atoms with Gasteiger partial charge in [0.1, 0.15) is 5.75 Å². The topological polar surface area (TPSA) is 101 Å². The Kier molecular flexibility index (Phi) is 6.76. The molecular weight excluding hydrogens is 386 g/mol. The van der Waals surface area contributed by atoms with Gasteiger partial charge in [-0.25, -0.2) is 0 Å². The molecule has 1 aromatic heterocycles. The minimum Gasteiger partial charge on any atom is -0.497 e. The average Bonchev–Trinajstić information content (AvgIpc) is 3.01. The van der Waals surface area contributed by atoms with Crippen molar-refractivity contribution in [3.05, 3.63) is 54.1 Å². The maximum absolute atomic E-state index is 12.0. The number of para-hydroxylation sites is 1. The van der Waals surface area contributed by atoms with Crippen molar-refractivity contribution in [1.82, 2.24) is 9.47 Å². The van der Waals surface area contributed by atoms with E-state index in [9.17, 15) is 9.90 Å². The first-order valence-corrected chi connectivity index (χ1v) is 9.18. The van der Waals surface area contributed by atoms with Gasteiger partial charge in [0.05, 0.1) is 25.5 Å². The van der Waals surface area contributed by atoms with Crippen LogP contribution in [0.25, 0.3) is 10.9 Å². The number of aromatic hydroxyl groups is 1. The van der Waals surface area contributed by atoms with Crippen LogP contribution in [0.3, 0.4) is 0 Å². The Morgan fingerprint density at radius 1 is 1.17 bits per heavy atom. The van der Waals surface area contributed by atoms with Crippen LogP contribution in [-0.2, 0) is 16.3 Å². The lowest BCUT2D eigenvalue weighted by molar-refractivity contribution is -0.122. The van der Waals surface area contributed by atoms with Crippen LogP contribution in [0.2, 0.25) is 0 Å². The van der Waals surface area contributed by atoms with Crippen LogP contribution in [0.5, 0.6) is 11.6 Å². The van der Waals surface area contributed by atoms with E-state index in [0.717, 1.165) is 16.8 Å². The summed E-state index contributed by atoms with van der Waals surface area (Å²) in [4.78, 5) is 18.9. The number of rotatable bonds is 8. The minimum atomic E-state index is -0.620. The van der Waals surface area contributed by atoms with Gasteiger partial charge in [-0.1, -0.05) is 23.4 Å². The Morgan fingerprint density at radius 3 is 2.60 bits per heavy atom. The van der Waals surface area contributed by atoms with Gasteiger partial charge in [0.25, 0.3) is 0 Å². The van der Waals surface area contributed by atoms with Crippen LogP contribution in [0.1, 0.15) is 5.56 Å². The number of benzene rings is 2. The molecule has 1 amide bonds. The molecule has 3 rings (SSSR count). The molecule has 0 aliphatic rings. The van der Waals surface area contributed by atoms with E-state index in [4.69, 9.17) is 9.57 Å². The molecule has 0 spiro atoms. The summed E-state index contributed by atoms with van der Waals surface area (Å²) < 4.78 is 6.78. The van der Waals surface area contributed by atoms with Gasteiger partial charge < -0.3 is 14.7 Å². The second-order valence-corrected chi connectivity index (χ2v) is 6.71. The molecule has 0 fully saturated rings. The molecule has 3 aromatic rings. The Balaban J connectivity index is 1.65. The van der Waals surface area contributed by atoms with E-state index in [1.54, 1.807) is 35.9 Å². The molecule has 1 N–H and O–H groups in total. The zero-order chi connectivity index (χ0) is 21.5. The zero-order valence-corrected chi connectivity index (χ0v) is 17.0. The second-order valence-electron chi connectivity index (χ2n) is 6.71. The number of carbonyl (C=O) groups is 1. The molecule has 30 heavy (non-hydrogen) atoms. The summed E-state index contributed by atoms with van der Waals surface area (Å²) in [6.07, 6.45) is 1.48. The number of nitrogens with zero attached hydrogens (tertiary/aromatic N) is 5. The van der Waals surface area contributed by atoms with Crippen molar-refractivity contribution in [2.45, 2.75) is 6.67 Å². The number of oxime groups is 1. The van der Waals surface area contributed by atoms with E-state index in [0.29, 0.717) is 12.1 Å². The van der Waals surface area contributed by atoms with Crippen LogP contribution in [0.4, 0.5) is 5.69 Å². The van der Waals surface area contributed by atoms with Crippen LogP contribution >= 0.6 is 0 Å². The van der Waals surface area contributed by atoms with E-state index in [-0.39, 0.29) is 18.2 Å². The summed E-state index contributed by atoms with van der Waals surface area (Å²) in [5, 5.41) is 22.6. The van der Waals surface area contributed by atoms with Gasteiger partial charge in [0, 0.05) is 5.39 Å². The number of hydrogen-bond donors (Lipinski definition) is 1. The highest BCUT2D eigenvalue weighted by Crippen LogP contribution is 2.38. The van der Waals surface area contributed by atoms with E-state index in [1.807, 2.05) is 43.3 Å². The molecule has 0 saturated heterocycles. The molecule has 9 nitrogen and oxygen atoms in total. The van der Waals surface area contributed by atoms with Gasteiger partial charge >= 0.3 is 5.91 Å². The number of amides is 1. The van der Waals surface area contributed by atoms with Gasteiger partial charge in [-0.3, -0.25) is 14.3 Å². The van der Waals surface area contributed by atoms with Crippen LogP contribution in [0, 0.1) is 0 Å². The maximum atomic E-state index is 12.0. The third-order valence-electron chi connectivity index (χ3n) is 4.18. The van der Waals surface area contributed by atoms with Crippen molar-refractivity contribution in [3.8, 4) is 11.6 Å². The minimum absolute atomic E-state index is 0.0557. The highest BCUT2D eigenvalue weighted by Gasteiger charge is 2.17. The summed E-state index contributed by atoms with van der Waals surface area (Å²) in [6.45, 7) is 0.0895. The van der Waals surface area contributed by atoms with Crippen LogP contribution < -0.4 is 4.74 Å². The zero-order valence-electron chi connectivity index (χ0n) is 17.0. The van der Waals surface area contributed by atoms with E-state index in [2.05, 4.69) is 15.4 Å². The molecule has 0 aliphatic carbocycles. The standard InChI is InChI=1S/C21H23N5O4/c1-25(2)14-26-18-7-5-4-6-17(18)20(21(26)28)24-23-19(27)13-30-22-12-15-8-10-16(29-3)11-9-15/h4-12,28H,13-14H2,1-3H3/b22-12-,24-23?. The quantitative estimate of drug-likeness (QED) is 0.348. The molecule has 2 aromatic carbocycles. The van der Waals surface area contributed by atoms with Gasteiger partial charge in [-0.15, -0.1) is 10.2 Å². The molecule has 156 valence electrons. The van der Waals surface area contributed by atoms with Gasteiger partial charge in [0.15, 0.2) is 12.3 Å². The number of hydrogen-bond acceptors (Lipinski definition) is 7. The lowest BCUT2D eigenvalue weighted by Gasteiger charge is -2.12. The largest absolute Gasteiger partial charge is 0.497 e. The number of ether oxygens (including phenoxy) is 1. The van der Waals surface area contributed by atoms with Crippen LogP contribution in [-0.4, -0.2) is 54.5 Å². The summed E-state index contributed by atoms with van der Waals surface area (Å²) in [5.74, 6) is 0.0597. The molecule has 0 bridgehead atoms. The summed E-state index contributed by atoms with van der Waals surface area (Å²) in [6, 6.07) is 14.6. The van der Waals surface area contributed by atoms with Crippen molar-refractivity contribution in [3.63, 3.8) is 0 Å². The Morgan fingerprint density at radius 2 is 1.90 bits per heavy atom. The molecule has 0 saturated carbocycles. The maximum Gasteiger partial charge on any atom is 0.304 e. The lowest BCUT2D eigenvalue weighted by atomic mass is 10.2. The first-order valence-electron chi connectivity index (χ1n) is 9.18. The highest BCUT2D eigenvalue weighted by atomic mass is 16.6.